The predicted octanol–water partition coefficient (Wildman–Crippen LogP) is 20.7. The van der Waals surface area contributed by atoms with Crippen LogP contribution < -0.4 is 26.6 Å². The molecule has 0 unspecified atom stereocenters. The highest BCUT2D eigenvalue weighted by Crippen LogP contribution is 2.38. The number of ether oxygens (including phenoxy) is 3. The Labute approximate surface area is 738 Å². The summed E-state index contributed by atoms with van der Waals surface area (Å²) in [5.41, 5.74) is 9.65. The third-order valence-electron chi connectivity index (χ3n) is 25.2. The monoisotopic (exact) mass is 1750 g/mol. The van der Waals surface area contributed by atoms with E-state index in [1.807, 2.05) is 82.2 Å². The summed E-state index contributed by atoms with van der Waals surface area (Å²) in [5.74, 6) is 2.14. The molecule has 23 nitrogen and oxygen atoms in total. The first-order valence-corrected chi connectivity index (χ1v) is 45.8. The van der Waals surface area contributed by atoms with Crippen LogP contribution in [0.5, 0.6) is 0 Å². The van der Waals surface area contributed by atoms with Gasteiger partial charge in [-0.2, -0.15) is 4.39 Å². The minimum absolute atomic E-state index is 0.0738. The van der Waals surface area contributed by atoms with E-state index in [9.17, 15) is 28.4 Å². The summed E-state index contributed by atoms with van der Waals surface area (Å²) < 4.78 is 40.5. The molecule has 15 rings (SSSR count). The second-order valence-corrected chi connectivity index (χ2v) is 37.7. The van der Waals surface area contributed by atoms with Crippen molar-refractivity contribution in [2.45, 2.75) is 299 Å². The number of carbonyl (C=O) groups is 5. The van der Waals surface area contributed by atoms with E-state index in [0.717, 1.165) is 151 Å². The number of unbranched alkanes of at least 4 members (excludes halogenated alkanes) is 1. The van der Waals surface area contributed by atoms with Crippen molar-refractivity contribution in [1.82, 2.24) is 73.5 Å². The van der Waals surface area contributed by atoms with Gasteiger partial charge in [0.2, 0.25) is 5.95 Å². The standard InChI is InChI=1S/C19H26ClN3O2.2C19H26ClN3O.C19H26FN3O2.C18H24ClN3O2/c1-12(2)11-25-15-6-4-14(5-7-15)21-19(24)16-8-9-23-13(3)10-17(20)22-18(16)23;2*1-12-5-7-14(8-6-12)19(3,4)22-18(24)15-9-10-23-13(2)11-16(20)21-17(15)23;1-3-4-11-25-15-7-5-14(6-8-15)21-19(24)16-9-10-23-13(2)12-17(20)22-18(16)23;1-3-10-24-14-6-4-13(5-7-14)20-18(23)15-8-9-22-12(2)11-16(19)21-17(15)22/h8-10,12,14-15H,4-7,11H2,1-3H3,(H,21,24);2*9-12,14H,5-8H2,1-4H3,(H,22,24);9-10,12,14-15H,3-8,11H2,1-2H3,(H,21,24);8-9,11,13-14H,3-7,10H2,1-2H3,(H,20,23). The lowest BCUT2D eigenvalue weighted by atomic mass is 9.73. The van der Waals surface area contributed by atoms with Crippen LogP contribution in [0.15, 0.2) is 91.6 Å². The molecular formula is C94H128Cl4FN15O8. The lowest BCUT2D eigenvalue weighted by Gasteiger charge is -2.39. The van der Waals surface area contributed by atoms with Crippen molar-refractivity contribution in [3.8, 4) is 0 Å². The summed E-state index contributed by atoms with van der Waals surface area (Å²) in [6, 6.07) is 18.0. The van der Waals surface area contributed by atoms with E-state index in [0.29, 0.717) is 118 Å². The summed E-state index contributed by atoms with van der Waals surface area (Å²) in [6.45, 7) is 33.8. The van der Waals surface area contributed by atoms with Crippen molar-refractivity contribution in [3.05, 3.63) is 174 Å². The second-order valence-electron chi connectivity index (χ2n) is 36.1. The minimum Gasteiger partial charge on any atom is -0.378 e. The molecule has 0 aromatic carbocycles. The fraction of sp³-hybridized carbons (Fsp3) is 0.574. The van der Waals surface area contributed by atoms with Crippen LogP contribution in [0.3, 0.4) is 0 Å². The molecule has 10 aromatic rings. The van der Waals surface area contributed by atoms with Crippen LogP contribution in [0.2, 0.25) is 20.6 Å². The number of aryl methyl sites for hydroxylation is 5. The van der Waals surface area contributed by atoms with Crippen molar-refractivity contribution in [2.75, 3.05) is 19.8 Å². The number of nitrogens with one attached hydrogen (secondary N) is 5. The maximum atomic E-state index is 13.6. The zero-order valence-corrected chi connectivity index (χ0v) is 77.0. The molecule has 0 atom stereocenters. The van der Waals surface area contributed by atoms with Gasteiger partial charge in [-0.05, 0) is 262 Å². The van der Waals surface area contributed by atoms with Gasteiger partial charge in [-0.25, -0.2) is 24.9 Å². The Morgan fingerprint density at radius 3 is 0.975 bits per heavy atom. The molecule has 122 heavy (non-hydrogen) atoms. The number of hydrogen-bond donors (Lipinski definition) is 5. The summed E-state index contributed by atoms with van der Waals surface area (Å²) >= 11 is 24.2. The van der Waals surface area contributed by atoms with E-state index in [1.54, 1.807) is 60.0 Å². The summed E-state index contributed by atoms with van der Waals surface area (Å²) in [5, 5.41) is 17.5. The van der Waals surface area contributed by atoms with Gasteiger partial charge < -0.3 is 62.8 Å². The number of carbonyl (C=O) groups excluding carboxylic acids is 5. The van der Waals surface area contributed by atoms with E-state index in [-0.39, 0.29) is 58.7 Å². The zero-order chi connectivity index (χ0) is 87.9. The minimum atomic E-state index is -0.567. The topological polar surface area (TPSA) is 260 Å². The maximum absolute atomic E-state index is 13.6. The number of aromatic nitrogens is 10. The molecule has 662 valence electrons. The van der Waals surface area contributed by atoms with Gasteiger partial charge in [-0.15, -0.1) is 0 Å². The first kappa shape index (κ1) is 94.4. The smallest absolute Gasteiger partial charge is 0.255 e. The number of halogens is 5. The van der Waals surface area contributed by atoms with Crippen molar-refractivity contribution in [3.63, 3.8) is 0 Å². The number of amides is 5. The summed E-state index contributed by atoms with van der Waals surface area (Å²) in [4.78, 5) is 84.8. The average Bonchev–Trinajstić information content (AvgIpc) is 1.65. The van der Waals surface area contributed by atoms with Gasteiger partial charge in [0, 0.05) is 115 Å². The zero-order valence-electron chi connectivity index (χ0n) is 74.0. The van der Waals surface area contributed by atoms with Gasteiger partial charge in [-0.3, -0.25) is 24.0 Å². The van der Waals surface area contributed by atoms with Gasteiger partial charge in [-0.1, -0.05) is 120 Å². The number of rotatable bonds is 22. The Bertz CT molecular complexity index is 5070. The molecule has 5 aliphatic rings. The molecule has 0 saturated heterocycles. The fourth-order valence-corrected chi connectivity index (χ4v) is 18.6. The van der Waals surface area contributed by atoms with Crippen molar-refractivity contribution >= 4 is 104 Å². The normalized spacial score (nSPS) is 21.3. The largest absolute Gasteiger partial charge is 0.378 e. The molecule has 0 bridgehead atoms. The molecule has 5 aliphatic carbocycles. The molecule has 0 aliphatic heterocycles. The van der Waals surface area contributed by atoms with Crippen LogP contribution >= 0.6 is 46.4 Å². The second kappa shape index (κ2) is 43.1. The quantitative estimate of drug-likeness (QED) is 0.0313. The first-order valence-electron chi connectivity index (χ1n) is 44.3. The lowest BCUT2D eigenvalue weighted by Crippen LogP contribution is -2.50. The van der Waals surface area contributed by atoms with Gasteiger partial charge in [0.05, 0.1) is 46.1 Å². The highest BCUT2D eigenvalue weighted by atomic mass is 35.5. The van der Waals surface area contributed by atoms with Crippen LogP contribution in [-0.4, -0.2) is 144 Å². The van der Waals surface area contributed by atoms with Gasteiger partial charge in [0.1, 0.15) is 20.6 Å². The Balaban J connectivity index is 0.000000149. The Kier molecular flexibility index (Phi) is 33.4. The maximum Gasteiger partial charge on any atom is 0.255 e. The van der Waals surface area contributed by atoms with Crippen molar-refractivity contribution < 1.29 is 42.6 Å². The Hall–Kier alpha value is -8.23. The van der Waals surface area contributed by atoms with Gasteiger partial charge in [0.15, 0.2) is 28.2 Å². The predicted molar refractivity (Wildman–Crippen MR) is 483 cm³/mol. The molecule has 28 heteroatoms. The molecule has 0 spiro atoms. The van der Waals surface area contributed by atoms with Crippen LogP contribution in [0.4, 0.5) is 4.39 Å². The van der Waals surface area contributed by atoms with Gasteiger partial charge in [0.25, 0.3) is 29.5 Å². The van der Waals surface area contributed by atoms with Crippen molar-refractivity contribution in [1.29, 1.82) is 0 Å². The van der Waals surface area contributed by atoms with Crippen LogP contribution in [0.1, 0.15) is 297 Å². The molecule has 5 amide bonds. The van der Waals surface area contributed by atoms with E-state index < -0.39 is 5.95 Å². The van der Waals surface area contributed by atoms with Gasteiger partial charge >= 0.3 is 0 Å². The first-order chi connectivity index (χ1) is 58.1. The number of nitrogens with zero attached hydrogens (tertiary/aromatic N) is 10. The van der Waals surface area contributed by atoms with Crippen LogP contribution in [-0.2, 0) is 14.2 Å². The number of fused-ring (bicyclic) bond motifs is 5. The molecule has 5 saturated carbocycles. The van der Waals surface area contributed by atoms with E-state index >= 15 is 0 Å². The number of hydrogen-bond acceptors (Lipinski definition) is 13. The summed E-state index contributed by atoms with van der Waals surface area (Å²) in [6.07, 6.45) is 34.8. The SMILES string of the molecule is CCCCOC1CCC(NC(=O)c2ccn3c(C)cc(F)nc23)CC1.CCCOC1CCC(NC(=O)c2ccn3c(C)cc(Cl)nc23)CC1.Cc1cc(Cl)nc2c(C(=O)NC(C)(C)C3CCC(C)CC3)ccn12.Cc1cc(Cl)nc2c(C(=O)NC(C)(C)C3CCC(C)CC3)ccn12.Cc1cc(Cl)nc2c(C(=O)NC3CCC(OCC(C)C)CC3)ccn12. The fourth-order valence-electron chi connectivity index (χ4n) is 17.7. The van der Waals surface area contributed by atoms with Crippen molar-refractivity contribution in [2.24, 2.45) is 29.6 Å². The van der Waals surface area contributed by atoms with E-state index in [1.165, 1.54) is 57.4 Å². The van der Waals surface area contributed by atoms with E-state index in [2.05, 4.69) is 121 Å². The third-order valence-corrected chi connectivity index (χ3v) is 25.9. The molecule has 5 N–H and O–H groups in total. The highest BCUT2D eigenvalue weighted by Gasteiger charge is 2.37. The highest BCUT2D eigenvalue weighted by molar-refractivity contribution is 6.30. The molecular weight excluding hydrogens is 1630 g/mol. The van der Waals surface area contributed by atoms with E-state index in [4.69, 9.17) is 60.6 Å². The summed E-state index contributed by atoms with van der Waals surface area (Å²) in [7, 11) is 0. The Morgan fingerprint density at radius 1 is 0.402 bits per heavy atom. The lowest BCUT2D eigenvalue weighted by molar-refractivity contribution is 0.00860. The molecule has 10 heterocycles. The average molecular weight is 1760 g/mol. The van der Waals surface area contributed by atoms with Crippen LogP contribution in [0, 0.1) is 70.2 Å². The third kappa shape index (κ3) is 24.9. The molecule has 0 radical (unpaired) electrons. The molecule has 5 fully saturated rings. The van der Waals surface area contributed by atoms with Crippen LogP contribution in [0.25, 0.3) is 28.2 Å². The Morgan fingerprint density at radius 2 is 0.680 bits per heavy atom. The molecule has 10 aromatic heterocycles.